The van der Waals surface area contributed by atoms with Gasteiger partial charge < -0.3 is 0 Å². The Labute approximate surface area is 80.5 Å². The quantitative estimate of drug-likeness (QED) is 0.697. The molecular weight excluding hydrogens is 188 g/mol. The number of nitrogens with zero attached hydrogens (tertiary/aromatic N) is 4. The summed E-state index contributed by atoms with van der Waals surface area (Å²) in [6.45, 7) is 3.90. The van der Waals surface area contributed by atoms with E-state index >= 15 is 0 Å². The highest BCUT2D eigenvalue weighted by molar-refractivity contribution is 6.30. The second kappa shape index (κ2) is 2.96. The molecule has 0 fully saturated rings. The lowest BCUT2D eigenvalue weighted by Crippen LogP contribution is -1.98. The van der Waals surface area contributed by atoms with Gasteiger partial charge in [-0.25, -0.2) is 0 Å². The van der Waals surface area contributed by atoms with Gasteiger partial charge in [0.1, 0.15) is 0 Å². The Balaban J connectivity index is 2.77. The van der Waals surface area contributed by atoms with Crippen molar-refractivity contribution in [2.24, 2.45) is 0 Å². The van der Waals surface area contributed by atoms with Gasteiger partial charge in [-0.3, -0.25) is 0 Å². The number of fused-ring (bicyclic) bond motifs is 1. The molecule has 5 heteroatoms. The third-order valence-corrected chi connectivity index (χ3v) is 2.28. The minimum absolute atomic E-state index is 0.502. The Morgan fingerprint density at radius 2 is 2.23 bits per heavy atom. The first-order valence-corrected chi connectivity index (χ1v) is 4.47. The summed E-state index contributed by atoms with van der Waals surface area (Å²) in [6, 6.07) is 1.88. The number of hydrogen-bond acceptors (Lipinski definition) is 3. The average molecular weight is 197 g/mol. The monoisotopic (exact) mass is 196 g/mol. The fraction of sp³-hybridized carbons (Fsp3) is 0.375. The van der Waals surface area contributed by atoms with Crippen LogP contribution in [0.2, 0.25) is 5.15 Å². The molecule has 0 saturated carbocycles. The van der Waals surface area contributed by atoms with E-state index in [1.165, 1.54) is 0 Å². The van der Waals surface area contributed by atoms with Gasteiger partial charge in [0.2, 0.25) is 0 Å². The summed E-state index contributed by atoms with van der Waals surface area (Å²) in [6.07, 6.45) is 0.799. The average Bonchev–Trinajstić information content (AvgIpc) is 2.48. The highest BCUT2D eigenvalue weighted by Crippen LogP contribution is 2.13. The normalized spacial score (nSPS) is 11.0. The maximum Gasteiger partial charge on any atom is 0.178 e. The minimum Gasteiger partial charge on any atom is -0.196 e. The van der Waals surface area contributed by atoms with Crippen LogP contribution in [0.5, 0.6) is 0 Å². The maximum absolute atomic E-state index is 5.89. The molecule has 0 aromatic carbocycles. The molecule has 0 aliphatic rings. The number of rotatable bonds is 1. The summed E-state index contributed by atoms with van der Waals surface area (Å²) in [5.74, 6) is 0.830. The van der Waals surface area contributed by atoms with Crippen molar-refractivity contribution in [3.8, 4) is 0 Å². The molecule has 0 atom stereocenters. The highest BCUT2D eigenvalue weighted by atomic mass is 35.5. The van der Waals surface area contributed by atoms with Crippen molar-refractivity contribution < 1.29 is 0 Å². The molecular formula is C8H9ClN4. The number of halogens is 1. The molecule has 0 bridgehead atoms. The van der Waals surface area contributed by atoms with Crippen molar-refractivity contribution in [2.45, 2.75) is 20.3 Å². The first-order chi connectivity index (χ1) is 6.22. The molecule has 2 rings (SSSR count). The van der Waals surface area contributed by atoms with Crippen LogP contribution >= 0.6 is 11.6 Å². The van der Waals surface area contributed by atoms with Gasteiger partial charge in [-0.1, -0.05) is 18.5 Å². The van der Waals surface area contributed by atoms with Gasteiger partial charge >= 0.3 is 0 Å². The Bertz CT molecular complexity index is 449. The largest absolute Gasteiger partial charge is 0.196 e. The lowest BCUT2D eigenvalue weighted by Gasteiger charge is -1.98. The summed E-state index contributed by atoms with van der Waals surface area (Å²) < 4.78 is 1.68. The molecule has 68 valence electrons. The molecule has 13 heavy (non-hydrogen) atoms. The van der Waals surface area contributed by atoms with Crippen molar-refractivity contribution in [1.29, 1.82) is 0 Å². The summed E-state index contributed by atoms with van der Waals surface area (Å²) in [4.78, 5) is 0. The van der Waals surface area contributed by atoms with Crippen LogP contribution in [0.1, 0.15) is 18.3 Å². The second-order valence-corrected chi connectivity index (χ2v) is 3.22. The second-order valence-electron chi connectivity index (χ2n) is 2.86. The lowest BCUT2D eigenvalue weighted by atomic mass is 10.3. The highest BCUT2D eigenvalue weighted by Gasteiger charge is 2.06. The molecule has 2 heterocycles. The van der Waals surface area contributed by atoms with Crippen LogP contribution in [-0.2, 0) is 6.42 Å². The number of hydrogen-bond donors (Lipinski definition) is 0. The van der Waals surface area contributed by atoms with E-state index in [0.717, 1.165) is 23.5 Å². The van der Waals surface area contributed by atoms with Crippen LogP contribution in [0.25, 0.3) is 5.65 Å². The van der Waals surface area contributed by atoms with Crippen LogP contribution in [0.3, 0.4) is 0 Å². The zero-order valence-electron chi connectivity index (χ0n) is 7.45. The molecule has 0 unspecified atom stereocenters. The Morgan fingerprint density at radius 3 is 2.92 bits per heavy atom. The molecule has 0 saturated heterocycles. The molecule has 0 aliphatic carbocycles. The van der Waals surface area contributed by atoms with Crippen LogP contribution < -0.4 is 0 Å². The topological polar surface area (TPSA) is 43.1 Å². The SMILES string of the molecule is CCc1nnc2cc(C)c(Cl)nn12. The van der Waals surface area contributed by atoms with Crippen LogP contribution in [-0.4, -0.2) is 19.8 Å². The van der Waals surface area contributed by atoms with Gasteiger partial charge in [0.15, 0.2) is 16.6 Å². The van der Waals surface area contributed by atoms with E-state index in [0.29, 0.717) is 5.15 Å². The summed E-state index contributed by atoms with van der Waals surface area (Å²) in [5, 5.41) is 12.6. The fourth-order valence-corrected chi connectivity index (χ4v) is 1.30. The third-order valence-electron chi connectivity index (χ3n) is 1.90. The smallest absolute Gasteiger partial charge is 0.178 e. The summed E-state index contributed by atoms with van der Waals surface area (Å²) in [5.41, 5.74) is 1.67. The zero-order chi connectivity index (χ0) is 9.42. The van der Waals surface area contributed by atoms with E-state index < -0.39 is 0 Å². The predicted molar refractivity (Wildman–Crippen MR) is 49.9 cm³/mol. The number of aryl methyl sites for hydroxylation is 2. The van der Waals surface area contributed by atoms with E-state index in [-0.39, 0.29) is 0 Å². The van der Waals surface area contributed by atoms with E-state index in [9.17, 15) is 0 Å². The van der Waals surface area contributed by atoms with E-state index in [1.54, 1.807) is 4.52 Å². The molecule has 2 aromatic rings. The van der Waals surface area contributed by atoms with Crippen molar-refractivity contribution in [3.05, 3.63) is 22.6 Å². The zero-order valence-corrected chi connectivity index (χ0v) is 8.21. The Hall–Kier alpha value is -1.16. The standard InChI is InChI=1S/C8H9ClN4/c1-3-6-10-11-7-4-5(2)8(9)12-13(6)7/h4H,3H2,1-2H3. The first-order valence-electron chi connectivity index (χ1n) is 4.10. The fourth-order valence-electron chi connectivity index (χ4n) is 1.17. The Morgan fingerprint density at radius 1 is 1.46 bits per heavy atom. The Kier molecular flexibility index (Phi) is 1.92. The first kappa shape index (κ1) is 8.44. The molecule has 0 aliphatic heterocycles. The van der Waals surface area contributed by atoms with Gasteiger partial charge in [-0.05, 0) is 18.6 Å². The molecule has 2 aromatic heterocycles. The lowest BCUT2D eigenvalue weighted by molar-refractivity contribution is 0.820. The predicted octanol–water partition coefficient (Wildman–Crippen LogP) is 1.65. The van der Waals surface area contributed by atoms with Crippen molar-refractivity contribution >= 4 is 17.2 Å². The van der Waals surface area contributed by atoms with Crippen LogP contribution in [0.4, 0.5) is 0 Å². The van der Waals surface area contributed by atoms with Crippen molar-refractivity contribution in [2.75, 3.05) is 0 Å². The molecule has 0 spiro atoms. The number of aromatic nitrogens is 4. The molecule has 0 amide bonds. The van der Waals surface area contributed by atoms with E-state index in [2.05, 4.69) is 15.3 Å². The molecule has 4 nitrogen and oxygen atoms in total. The van der Waals surface area contributed by atoms with Gasteiger partial charge in [0.05, 0.1) is 0 Å². The van der Waals surface area contributed by atoms with Gasteiger partial charge in [0, 0.05) is 6.42 Å². The maximum atomic E-state index is 5.89. The van der Waals surface area contributed by atoms with Crippen LogP contribution in [0.15, 0.2) is 6.07 Å². The van der Waals surface area contributed by atoms with Gasteiger partial charge in [-0.15, -0.1) is 10.2 Å². The van der Waals surface area contributed by atoms with Crippen LogP contribution in [0, 0.1) is 6.92 Å². The van der Waals surface area contributed by atoms with E-state index in [1.807, 2.05) is 19.9 Å². The van der Waals surface area contributed by atoms with Crippen molar-refractivity contribution in [1.82, 2.24) is 19.8 Å². The van der Waals surface area contributed by atoms with Crippen molar-refractivity contribution in [3.63, 3.8) is 0 Å². The van der Waals surface area contributed by atoms with Gasteiger partial charge in [0.25, 0.3) is 0 Å². The van der Waals surface area contributed by atoms with E-state index in [4.69, 9.17) is 11.6 Å². The third kappa shape index (κ3) is 1.27. The minimum atomic E-state index is 0.502. The summed E-state index contributed by atoms with van der Waals surface area (Å²) in [7, 11) is 0. The molecule has 0 radical (unpaired) electrons. The molecule has 0 N–H and O–H groups in total. The van der Waals surface area contributed by atoms with Gasteiger partial charge in [-0.2, -0.15) is 9.61 Å². The summed E-state index contributed by atoms with van der Waals surface area (Å²) >= 11 is 5.89.